The summed E-state index contributed by atoms with van der Waals surface area (Å²) in [6, 6.07) is 21.7. The number of halogens is 2. The number of para-hydroxylation sites is 1. The molecule has 1 unspecified atom stereocenters. The number of fused-ring (bicyclic) bond motifs is 4. The lowest BCUT2D eigenvalue weighted by atomic mass is 9.98. The first-order valence-corrected chi connectivity index (χ1v) is 20.2. The topological polar surface area (TPSA) is 101 Å². The van der Waals surface area contributed by atoms with Gasteiger partial charge in [-0.1, -0.05) is 47.5 Å². The van der Waals surface area contributed by atoms with E-state index in [0.717, 1.165) is 83.0 Å². The zero-order valence-electron chi connectivity index (χ0n) is 33.5. The summed E-state index contributed by atoms with van der Waals surface area (Å²) in [7, 11) is 3.95. The van der Waals surface area contributed by atoms with Gasteiger partial charge in [0.2, 0.25) is 0 Å². The first-order valence-electron chi connectivity index (χ1n) is 19.4. The minimum absolute atomic E-state index is 0.157. The molecule has 2 atom stereocenters. The van der Waals surface area contributed by atoms with Crippen LogP contribution in [0.2, 0.25) is 5.02 Å². The van der Waals surface area contributed by atoms with Crippen LogP contribution in [0.5, 0.6) is 5.75 Å². The average Bonchev–Trinajstić information content (AvgIpc) is 3.98. The molecule has 58 heavy (non-hydrogen) atoms. The summed E-state index contributed by atoms with van der Waals surface area (Å²) in [6.07, 6.45) is 6.67. The molecule has 0 spiro atoms. The van der Waals surface area contributed by atoms with Crippen LogP contribution in [0.4, 0.5) is 5.69 Å². The zero-order chi connectivity index (χ0) is 40.6. The Morgan fingerprint density at radius 2 is 1.69 bits per heavy atom. The first kappa shape index (κ1) is 37.7. The SMILES string of the molecule is Cc1cc(OCCCc2c3n(c4c(-c5c(C)nn(C)c5C)cccc24)C(C)[C@@H](Cl)N(c2cn(C)c4ccc(-c5ncn(-c6ccccn6)n5)cc24)C3=O)cc(C)c1Cl. The normalized spacial score (nSPS) is 15.5. The third-order valence-electron chi connectivity index (χ3n) is 11.5. The molecule has 11 nitrogen and oxygen atoms in total. The lowest BCUT2D eigenvalue weighted by molar-refractivity contribution is 0.0951. The van der Waals surface area contributed by atoms with Crippen LogP contribution in [0.25, 0.3) is 50.1 Å². The van der Waals surface area contributed by atoms with E-state index in [-0.39, 0.29) is 11.9 Å². The van der Waals surface area contributed by atoms with E-state index in [0.29, 0.717) is 36.8 Å². The Morgan fingerprint density at radius 3 is 2.41 bits per heavy atom. The standard InChI is InChI=1S/C45H43Cl2N9O2/c1-25-20-31(21-26(2)40(25)46)58-19-11-14-33-32-12-10-13-34(39-27(3)50-53(7)28(39)4)41(32)55-29(5)43(47)56(45(57)42(33)55)37-23-52(6)36-17-16-30(22-35(36)37)44-49-24-54(51-44)38-15-8-9-18-48-38/h8-10,12-13,15-18,20-24,29,43H,11,14,19H2,1-7H3/t29?,43-/m0/s1. The summed E-state index contributed by atoms with van der Waals surface area (Å²) in [5.41, 5.74) is 10.4. The molecule has 9 rings (SSSR count). The number of alkyl halides is 1. The lowest BCUT2D eigenvalue weighted by Crippen LogP contribution is -2.47. The van der Waals surface area contributed by atoms with Crippen LogP contribution in [0.15, 0.2) is 85.5 Å². The van der Waals surface area contributed by atoms with Gasteiger partial charge in [-0.15, -0.1) is 5.10 Å². The van der Waals surface area contributed by atoms with Crippen molar-refractivity contribution >= 4 is 56.6 Å². The van der Waals surface area contributed by atoms with Crippen molar-refractivity contribution in [1.82, 2.24) is 38.7 Å². The molecular formula is C45H43Cl2N9O2. The first-order chi connectivity index (χ1) is 27.9. The average molecular weight is 813 g/mol. The summed E-state index contributed by atoms with van der Waals surface area (Å²) >= 11 is 14.0. The molecule has 1 amide bonds. The van der Waals surface area contributed by atoms with Crippen molar-refractivity contribution in [2.24, 2.45) is 14.1 Å². The van der Waals surface area contributed by atoms with Gasteiger partial charge in [-0.3, -0.25) is 14.4 Å². The number of pyridine rings is 1. The van der Waals surface area contributed by atoms with E-state index in [2.05, 4.69) is 46.6 Å². The highest BCUT2D eigenvalue weighted by Gasteiger charge is 2.42. The molecule has 13 heteroatoms. The van der Waals surface area contributed by atoms with Gasteiger partial charge in [0.25, 0.3) is 5.91 Å². The minimum atomic E-state index is -0.705. The molecule has 294 valence electrons. The van der Waals surface area contributed by atoms with E-state index >= 15 is 4.79 Å². The Labute approximate surface area is 346 Å². The van der Waals surface area contributed by atoms with Crippen LogP contribution in [0, 0.1) is 27.7 Å². The third kappa shape index (κ3) is 6.06. The molecule has 0 fully saturated rings. The van der Waals surface area contributed by atoms with Crippen molar-refractivity contribution < 1.29 is 9.53 Å². The molecule has 3 aromatic carbocycles. The smallest absolute Gasteiger partial charge is 0.276 e. The lowest BCUT2D eigenvalue weighted by Gasteiger charge is -2.38. The van der Waals surface area contributed by atoms with Crippen LogP contribution < -0.4 is 9.64 Å². The Balaban J connectivity index is 1.15. The molecule has 0 radical (unpaired) electrons. The molecule has 0 saturated heterocycles. The van der Waals surface area contributed by atoms with Crippen molar-refractivity contribution in [3.05, 3.63) is 124 Å². The van der Waals surface area contributed by atoms with E-state index < -0.39 is 5.50 Å². The van der Waals surface area contributed by atoms with Gasteiger partial charge in [-0.2, -0.15) is 5.10 Å². The molecule has 0 aliphatic carbocycles. The summed E-state index contributed by atoms with van der Waals surface area (Å²) in [5.74, 6) is 1.84. The maximum Gasteiger partial charge on any atom is 0.276 e. The number of anilines is 1. The van der Waals surface area contributed by atoms with E-state index in [9.17, 15) is 0 Å². The van der Waals surface area contributed by atoms with Gasteiger partial charge in [0, 0.05) is 70.2 Å². The van der Waals surface area contributed by atoms with Crippen LogP contribution >= 0.6 is 23.2 Å². The van der Waals surface area contributed by atoms with Gasteiger partial charge >= 0.3 is 0 Å². The largest absolute Gasteiger partial charge is 0.494 e. The highest BCUT2D eigenvalue weighted by Crippen LogP contribution is 2.46. The predicted molar refractivity (Wildman–Crippen MR) is 231 cm³/mol. The summed E-state index contributed by atoms with van der Waals surface area (Å²) in [4.78, 5) is 26.2. The van der Waals surface area contributed by atoms with Crippen LogP contribution in [0.3, 0.4) is 0 Å². The molecular weight excluding hydrogens is 769 g/mol. The highest BCUT2D eigenvalue weighted by atomic mass is 35.5. The number of carbonyl (C=O) groups is 1. The van der Waals surface area contributed by atoms with Gasteiger partial charge in [-0.05, 0) is 107 Å². The number of ether oxygens (including phenoxy) is 1. The number of aromatic nitrogens is 8. The second-order valence-electron chi connectivity index (χ2n) is 15.2. The number of benzene rings is 3. The highest BCUT2D eigenvalue weighted by molar-refractivity contribution is 6.32. The van der Waals surface area contributed by atoms with E-state index in [1.807, 2.05) is 98.8 Å². The van der Waals surface area contributed by atoms with Gasteiger partial charge in [0.1, 0.15) is 23.3 Å². The van der Waals surface area contributed by atoms with Gasteiger partial charge < -0.3 is 13.9 Å². The van der Waals surface area contributed by atoms with Gasteiger partial charge in [-0.25, -0.2) is 14.6 Å². The summed E-state index contributed by atoms with van der Waals surface area (Å²) in [6.45, 7) is 10.7. The fraction of sp³-hybridized carbons (Fsp3) is 0.267. The fourth-order valence-electron chi connectivity index (χ4n) is 8.62. The fourth-order valence-corrected chi connectivity index (χ4v) is 9.04. The number of nitrogens with zero attached hydrogens (tertiary/aromatic N) is 9. The second-order valence-corrected chi connectivity index (χ2v) is 16.1. The van der Waals surface area contributed by atoms with Crippen molar-refractivity contribution in [1.29, 1.82) is 0 Å². The molecule has 0 N–H and O–H groups in total. The van der Waals surface area contributed by atoms with Crippen molar-refractivity contribution in [2.45, 2.75) is 59.0 Å². The quantitative estimate of drug-likeness (QED) is 0.0818. The second kappa shape index (κ2) is 14.5. The van der Waals surface area contributed by atoms with E-state index in [4.69, 9.17) is 38.1 Å². The number of aryl methyl sites for hydroxylation is 6. The van der Waals surface area contributed by atoms with Crippen molar-refractivity contribution in [3.63, 3.8) is 0 Å². The zero-order valence-corrected chi connectivity index (χ0v) is 35.0. The molecule has 0 bridgehead atoms. The Kier molecular flexibility index (Phi) is 9.40. The van der Waals surface area contributed by atoms with Crippen LogP contribution in [-0.4, -0.2) is 56.7 Å². The third-order valence-corrected chi connectivity index (χ3v) is 12.6. The molecule has 8 aromatic rings. The number of hydrogen-bond donors (Lipinski definition) is 0. The maximum atomic E-state index is 15.4. The van der Waals surface area contributed by atoms with E-state index in [1.54, 1.807) is 22.1 Å². The minimum Gasteiger partial charge on any atom is -0.494 e. The number of rotatable bonds is 9. The molecule has 5 aromatic heterocycles. The summed E-state index contributed by atoms with van der Waals surface area (Å²) in [5, 5.41) is 12.1. The molecule has 1 aliphatic heterocycles. The van der Waals surface area contributed by atoms with Gasteiger partial charge in [0.15, 0.2) is 11.6 Å². The summed E-state index contributed by atoms with van der Waals surface area (Å²) < 4.78 is 14.1. The van der Waals surface area contributed by atoms with Gasteiger partial charge in [0.05, 0.1) is 29.5 Å². The van der Waals surface area contributed by atoms with Crippen molar-refractivity contribution in [3.8, 4) is 34.1 Å². The molecule has 0 saturated carbocycles. The van der Waals surface area contributed by atoms with Crippen LogP contribution in [0.1, 0.15) is 58.0 Å². The van der Waals surface area contributed by atoms with Crippen molar-refractivity contribution in [2.75, 3.05) is 11.5 Å². The predicted octanol–water partition coefficient (Wildman–Crippen LogP) is 9.86. The monoisotopic (exact) mass is 811 g/mol. The maximum absolute atomic E-state index is 15.4. The number of carbonyl (C=O) groups excluding carboxylic acids is 1. The number of amides is 1. The van der Waals surface area contributed by atoms with Crippen LogP contribution in [-0.2, 0) is 20.5 Å². The number of hydrogen-bond acceptors (Lipinski definition) is 6. The molecule has 1 aliphatic rings. The Bertz CT molecular complexity index is 2880. The Hall–Kier alpha value is -5.91. The molecule has 6 heterocycles. The Morgan fingerprint density at radius 1 is 0.897 bits per heavy atom. The van der Waals surface area contributed by atoms with E-state index in [1.165, 1.54) is 0 Å².